The van der Waals surface area contributed by atoms with Crippen molar-refractivity contribution in [2.45, 2.75) is 5.41 Å². The summed E-state index contributed by atoms with van der Waals surface area (Å²) >= 11 is 3.69. The van der Waals surface area contributed by atoms with Gasteiger partial charge >= 0.3 is 0 Å². The van der Waals surface area contributed by atoms with Gasteiger partial charge in [-0.05, 0) is 86.3 Å². The molecule has 0 N–H and O–H groups in total. The van der Waals surface area contributed by atoms with Crippen LogP contribution in [0.1, 0.15) is 22.3 Å². The minimum atomic E-state index is -0.434. The second-order valence-corrected chi connectivity index (χ2v) is 13.5. The smallest absolute Gasteiger partial charge is 0.180 e. The van der Waals surface area contributed by atoms with Crippen LogP contribution in [0, 0.1) is 0 Å². The zero-order chi connectivity index (χ0) is 30.2. The molecule has 0 fully saturated rings. The molecule has 0 radical (unpaired) electrons. The predicted octanol–water partition coefficient (Wildman–Crippen LogP) is 10.6. The highest BCUT2D eigenvalue weighted by Crippen LogP contribution is 2.65. The molecule has 2 aliphatic rings. The first-order valence-electron chi connectivity index (χ1n) is 15.3. The monoisotopic (exact) mass is 624 g/mol. The Hall–Kier alpha value is -5.43. The zero-order valence-electron chi connectivity index (χ0n) is 24.5. The maximum Gasteiger partial charge on any atom is 0.180 e. The van der Waals surface area contributed by atoms with E-state index in [2.05, 4.69) is 124 Å². The van der Waals surface area contributed by atoms with Crippen molar-refractivity contribution in [3.8, 4) is 32.5 Å². The molecule has 1 aliphatic heterocycles. The van der Waals surface area contributed by atoms with Crippen LogP contribution >= 0.6 is 22.7 Å². The summed E-state index contributed by atoms with van der Waals surface area (Å²) in [5, 5.41) is 6.92. The number of fused-ring (bicyclic) bond motifs is 10. The number of aromatic nitrogens is 3. The van der Waals surface area contributed by atoms with Crippen LogP contribution in [0.5, 0.6) is 0 Å². The summed E-state index contributed by atoms with van der Waals surface area (Å²) in [5.74, 6) is 1.40. The molecule has 0 amide bonds. The molecule has 10 rings (SSSR count). The van der Waals surface area contributed by atoms with Gasteiger partial charge in [-0.1, -0.05) is 78.9 Å². The second-order valence-electron chi connectivity index (χ2n) is 11.7. The highest BCUT2D eigenvalue weighted by Gasteiger charge is 2.53. The van der Waals surface area contributed by atoms with E-state index in [9.17, 15) is 0 Å². The molecule has 216 valence electrons. The Morgan fingerprint density at radius 2 is 1.22 bits per heavy atom. The van der Waals surface area contributed by atoms with Gasteiger partial charge in [-0.3, -0.25) is 9.88 Å². The molecule has 0 unspecified atom stereocenters. The van der Waals surface area contributed by atoms with Crippen LogP contribution in [0.3, 0.4) is 0 Å². The van der Waals surface area contributed by atoms with Gasteiger partial charge in [-0.15, -0.1) is 22.7 Å². The van der Waals surface area contributed by atoms with Gasteiger partial charge in [-0.25, -0.2) is 9.97 Å². The van der Waals surface area contributed by atoms with Gasteiger partial charge in [0.05, 0.1) is 22.5 Å². The lowest BCUT2D eigenvalue weighted by Crippen LogP contribution is -2.36. The Labute approximate surface area is 274 Å². The Kier molecular flexibility index (Phi) is 5.50. The van der Waals surface area contributed by atoms with Crippen LogP contribution in [0.25, 0.3) is 43.3 Å². The van der Waals surface area contributed by atoms with E-state index in [4.69, 9.17) is 9.97 Å². The van der Waals surface area contributed by atoms with E-state index in [1.807, 2.05) is 46.9 Å². The summed E-state index contributed by atoms with van der Waals surface area (Å²) in [6.07, 6.45) is 1.80. The molecule has 0 bridgehead atoms. The fraction of sp³-hybridized carbons (Fsp3) is 0.0250. The number of nitrogens with zero attached hydrogens (tertiary/aromatic N) is 4. The van der Waals surface area contributed by atoms with Gasteiger partial charge in [-0.2, -0.15) is 0 Å². The van der Waals surface area contributed by atoms with Gasteiger partial charge < -0.3 is 0 Å². The number of anilines is 3. The lowest BCUT2D eigenvalue weighted by Gasteiger charge is -2.44. The van der Waals surface area contributed by atoms with Crippen molar-refractivity contribution in [1.82, 2.24) is 15.0 Å². The van der Waals surface area contributed by atoms with Gasteiger partial charge in [0.15, 0.2) is 5.82 Å². The van der Waals surface area contributed by atoms with Crippen molar-refractivity contribution in [3.05, 3.63) is 167 Å². The van der Waals surface area contributed by atoms with E-state index in [-0.39, 0.29) is 0 Å². The van der Waals surface area contributed by atoms with E-state index in [1.54, 1.807) is 6.20 Å². The summed E-state index contributed by atoms with van der Waals surface area (Å²) in [6, 6.07) is 45.4. The number of pyridine rings is 1. The van der Waals surface area contributed by atoms with Crippen molar-refractivity contribution in [2.24, 2.45) is 0 Å². The maximum atomic E-state index is 5.27. The Morgan fingerprint density at radius 1 is 0.522 bits per heavy atom. The maximum absolute atomic E-state index is 5.27. The zero-order valence-corrected chi connectivity index (χ0v) is 26.1. The van der Waals surface area contributed by atoms with Crippen LogP contribution in [-0.2, 0) is 5.41 Å². The lowest BCUT2D eigenvalue weighted by atomic mass is 9.65. The summed E-state index contributed by atoms with van der Waals surface area (Å²) in [4.78, 5) is 20.1. The van der Waals surface area contributed by atoms with Gasteiger partial charge in [0, 0.05) is 27.6 Å². The summed E-state index contributed by atoms with van der Waals surface area (Å²) < 4.78 is 0. The van der Waals surface area contributed by atoms with Gasteiger partial charge in [0.25, 0.3) is 0 Å². The van der Waals surface area contributed by atoms with E-state index in [0.29, 0.717) is 5.82 Å². The average molecular weight is 625 g/mol. The summed E-state index contributed by atoms with van der Waals surface area (Å²) in [6.45, 7) is 0. The number of benzene rings is 4. The van der Waals surface area contributed by atoms with E-state index >= 15 is 0 Å². The summed E-state index contributed by atoms with van der Waals surface area (Å²) in [5.41, 5.74) is 9.69. The molecule has 1 aliphatic carbocycles. The highest BCUT2D eigenvalue weighted by molar-refractivity contribution is 7.21. The highest BCUT2D eigenvalue weighted by atomic mass is 32.1. The van der Waals surface area contributed by atoms with E-state index < -0.39 is 5.41 Å². The molecular formula is C40H24N4S2. The second kappa shape index (κ2) is 9.78. The third kappa shape index (κ3) is 3.51. The van der Waals surface area contributed by atoms with Crippen LogP contribution in [0.15, 0.2) is 144 Å². The number of hydrogen-bond donors (Lipinski definition) is 0. The molecule has 0 saturated heterocycles. The Balaban J connectivity index is 1.33. The fourth-order valence-corrected chi connectivity index (χ4v) is 9.52. The van der Waals surface area contributed by atoms with E-state index in [0.717, 1.165) is 34.1 Å². The Bertz CT molecular complexity index is 2350. The van der Waals surface area contributed by atoms with E-state index in [1.165, 1.54) is 42.8 Å². The van der Waals surface area contributed by atoms with Crippen LogP contribution in [-0.4, -0.2) is 15.0 Å². The first kappa shape index (κ1) is 25.9. The van der Waals surface area contributed by atoms with Crippen molar-refractivity contribution in [1.29, 1.82) is 0 Å². The minimum absolute atomic E-state index is 0.434. The minimum Gasteiger partial charge on any atom is -0.294 e. The topological polar surface area (TPSA) is 41.9 Å². The SMILES string of the molecule is c1ccc(-c2cc(N3c4ccccc4C4(c5cc6ccccc6cc53)c3ccsc3-c3sccc34)nc(-c3ccccn3)n2)cc1. The molecule has 46 heavy (non-hydrogen) atoms. The van der Waals surface area contributed by atoms with Crippen molar-refractivity contribution in [2.75, 3.05) is 4.90 Å². The molecule has 1 spiro atoms. The molecular weight excluding hydrogens is 601 g/mol. The molecule has 5 heterocycles. The first-order chi connectivity index (χ1) is 22.8. The van der Waals surface area contributed by atoms with Crippen LogP contribution in [0.2, 0.25) is 0 Å². The molecule has 8 aromatic rings. The van der Waals surface area contributed by atoms with Gasteiger partial charge in [0.2, 0.25) is 0 Å². The number of thiophene rings is 2. The molecule has 0 atom stereocenters. The number of hydrogen-bond acceptors (Lipinski definition) is 6. The van der Waals surface area contributed by atoms with Crippen molar-refractivity contribution < 1.29 is 0 Å². The van der Waals surface area contributed by atoms with Crippen molar-refractivity contribution in [3.63, 3.8) is 0 Å². The fourth-order valence-electron chi connectivity index (χ4n) is 7.42. The quantitative estimate of drug-likeness (QED) is 0.196. The lowest BCUT2D eigenvalue weighted by molar-refractivity contribution is 0.756. The Morgan fingerprint density at radius 3 is 1.98 bits per heavy atom. The molecule has 4 nitrogen and oxygen atoms in total. The first-order valence-corrected chi connectivity index (χ1v) is 17.0. The normalized spacial score (nSPS) is 13.8. The number of rotatable bonds is 3. The van der Waals surface area contributed by atoms with Gasteiger partial charge in [0.1, 0.15) is 11.5 Å². The van der Waals surface area contributed by atoms with Crippen molar-refractivity contribution >= 4 is 50.6 Å². The average Bonchev–Trinajstić information content (AvgIpc) is 3.85. The third-order valence-corrected chi connectivity index (χ3v) is 11.3. The molecule has 4 aromatic carbocycles. The van der Waals surface area contributed by atoms with Crippen LogP contribution in [0.4, 0.5) is 17.2 Å². The molecule has 4 aromatic heterocycles. The predicted molar refractivity (Wildman–Crippen MR) is 190 cm³/mol. The largest absolute Gasteiger partial charge is 0.294 e. The summed E-state index contributed by atoms with van der Waals surface area (Å²) in [7, 11) is 0. The van der Waals surface area contributed by atoms with Crippen LogP contribution < -0.4 is 4.90 Å². The molecule has 0 saturated carbocycles. The molecule has 6 heteroatoms. The third-order valence-electron chi connectivity index (χ3n) is 9.31. The number of para-hydroxylation sites is 1. The standard InChI is InChI=1S/C40H24N4S2/c1-2-10-25(11-3-1)33-24-36(43-39(42-33)32-15-8-9-19-41-32)44-34-16-7-6-14-28(34)40(29-17-20-45-37(29)38-30(40)18-21-46-38)31-22-26-12-4-5-13-27(26)23-35(31)44/h1-24H.